The molecule has 4 aromatic rings. The summed E-state index contributed by atoms with van der Waals surface area (Å²) in [5, 5.41) is 15.5. The normalized spacial score (nSPS) is 23.2. The smallest absolute Gasteiger partial charge is 0.249 e. The van der Waals surface area contributed by atoms with Crippen molar-refractivity contribution in [3.8, 4) is 5.75 Å². The quantitative estimate of drug-likeness (QED) is 0.164. The third-order valence-corrected chi connectivity index (χ3v) is 12.2. The molecule has 7 nitrogen and oxygen atoms in total. The van der Waals surface area contributed by atoms with Gasteiger partial charge in [-0.15, -0.1) is 0 Å². The Labute approximate surface area is 306 Å². The van der Waals surface area contributed by atoms with E-state index in [-0.39, 0.29) is 24.1 Å². The zero-order valence-corrected chi connectivity index (χ0v) is 29.8. The van der Waals surface area contributed by atoms with E-state index in [0.29, 0.717) is 35.6 Å². The number of phenolic OH excluding ortho intramolecular Hbond substituents is 1. The Hall–Kier alpha value is -4.69. The SMILES string of the molecule is O=C1CCC(Nc2ccc(C3CCN(CC4CCN(c5ccc([C@@H]6c7ccc(O)cc7CC[C@@H]6c6ccccc6)cc5)CC4)CC3)cc2F)C(=O)N1. The van der Waals surface area contributed by atoms with Gasteiger partial charge in [0.1, 0.15) is 17.6 Å². The Morgan fingerprint density at radius 2 is 1.50 bits per heavy atom. The number of amides is 2. The van der Waals surface area contributed by atoms with E-state index in [4.69, 9.17) is 0 Å². The summed E-state index contributed by atoms with van der Waals surface area (Å²) in [5.41, 5.74) is 7.94. The summed E-state index contributed by atoms with van der Waals surface area (Å²) in [5.74, 6) is 1.01. The van der Waals surface area contributed by atoms with Crippen molar-refractivity contribution in [2.75, 3.05) is 42.9 Å². The molecular weight excluding hydrogens is 652 g/mol. The lowest BCUT2D eigenvalue weighted by Gasteiger charge is -2.39. The first-order valence-corrected chi connectivity index (χ1v) is 19.2. The number of nitrogens with one attached hydrogen (secondary N) is 2. The number of anilines is 2. The van der Waals surface area contributed by atoms with Gasteiger partial charge in [-0.2, -0.15) is 0 Å². The molecule has 0 radical (unpaired) electrons. The van der Waals surface area contributed by atoms with Crippen LogP contribution in [0.3, 0.4) is 0 Å². The number of fused-ring (bicyclic) bond motifs is 1. The predicted molar refractivity (Wildman–Crippen MR) is 203 cm³/mol. The fraction of sp³-hybridized carbons (Fsp3) is 0.409. The third kappa shape index (κ3) is 7.45. The van der Waals surface area contributed by atoms with Crippen molar-refractivity contribution < 1.29 is 19.1 Å². The van der Waals surface area contributed by atoms with Gasteiger partial charge in [0.15, 0.2) is 0 Å². The number of likely N-dealkylation sites (tertiary alicyclic amines) is 1. The average molecular weight is 701 g/mol. The van der Waals surface area contributed by atoms with Crippen molar-refractivity contribution >= 4 is 23.2 Å². The number of carbonyl (C=O) groups excluding carboxylic acids is 2. The average Bonchev–Trinajstić information content (AvgIpc) is 3.17. The molecule has 1 unspecified atom stereocenters. The molecule has 3 heterocycles. The van der Waals surface area contributed by atoms with E-state index in [9.17, 15) is 14.7 Å². The Morgan fingerprint density at radius 3 is 2.23 bits per heavy atom. The van der Waals surface area contributed by atoms with Crippen LogP contribution in [0.5, 0.6) is 5.75 Å². The number of halogens is 1. The van der Waals surface area contributed by atoms with Gasteiger partial charge < -0.3 is 20.2 Å². The molecule has 3 fully saturated rings. The number of nitrogens with zero attached hydrogens (tertiary/aromatic N) is 2. The fourth-order valence-electron chi connectivity index (χ4n) is 9.28. The van der Waals surface area contributed by atoms with Crippen molar-refractivity contribution in [2.45, 2.75) is 75.2 Å². The van der Waals surface area contributed by atoms with Gasteiger partial charge in [-0.05, 0) is 140 Å². The summed E-state index contributed by atoms with van der Waals surface area (Å²) in [6, 6.07) is 30.9. The van der Waals surface area contributed by atoms with Crippen molar-refractivity contribution in [1.29, 1.82) is 0 Å². The second kappa shape index (κ2) is 15.1. The molecule has 4 aromatic carbocycles. The molecule has 3 N–H and O–H groups in total. The molecule has 0 aromatic heterocycles. The molecule has 270 valence electrons. The maximum atomic E-state index is 15.1. The minimum atomic E-state index is -0.593. The van der Waals surface area contributed by atoms with E-state index in [2.05, 4.69) is 81.1 Å². The Balaban J connectivity index is 0.834. The predicted octanol–water partition coefficient (Wildman–Crippen LogP) is 7.71. The standard InChI is InChI=1S/C44H49FN4O3/c45-39-27-33(9-15-40(39)46-41-16-17-42(51)47-44(41)52)30-20-22-48(23-21-30)28-29-18-24-49(25-19-29)35-10-6-32(7-11-35)43-37(31-4-2-1-3-5-31)13-8-34-26-36(50)12-14-38(34)43/h1-7,9-12,14-15,26-27,29-30,37,41,43,46,50H,8,13,16-25,28H2,(H,47,51,52)/t37-,41?,43+/m1/s1. The lowest BCUT2D eigenvalue weighted by Crippen LogP contribution is -2.47. The first kappa shape index (κ1) is 34.4. The van der Waals surface area contributed by atoms with Crippen molar-refractivity contribution in [3.63, 3.8) is 0 Å². The van der Waals surface area contributed by atoms with Crippen LogP contribution in [0.4, 0.5) is 15.8 Å². The Morgan fingerprint density at radius 1 is 0.750 bits per heavy atom. The van der Waals surface area contributed by atoms with Gasteiger partial charge >= 0.3 is 0 Å². The van der Waals surface area contributed by atoms with Gasteiger partial charge in [0, 0.05) is 37.7 Å². The van der Waals surface area contributed by atoms with Crippen LogP contribution in [0.25, 0.3) is 0 Å². The number of carbonyl (C=O) groups is 2. The molecule has 3 aliphatic heterocycles. The minimum Gasteiger partial charge on any atom is -0.508 e. The van der Waals surface area contributed by atoms with Gasteiger partial charge in [0.25, 0.3) is 0 Å². The number of hydrogen-bond donors (Lipinski definition) is 3. The maximum Gasteiger partial charge on any atom is 0.249 e. The number of hydrogen-bond acceptors (Lipinski definition) is 6. The Bertz CT molecular complexity index is 1880. The lowest BCUT2D eigenvalue weighted by atomic mass is 9.69. The van der Waals surface area contributed by atoms with Crippen LogP contribution >= 0.6 is 0 Å². The molecule has 2 amide bonds. The second-order valence-electron chi connectivity index (χ2n) is 15.4. The van der Waals surface area contributed by atoms with Crippen LogP contribution < -0.4 is 15.5 Å². The van der Waals surface area contributed by atoms with Gasteiger partial charge in [-0.3, -0.25) is 14.9 Å². The molecule has 8 heteroatoms. The lowest BCUT2D eigenvalue weighted by molar-refractivity contribution is -0.133. The Kier molecular flexibility index (Phi) is 10.00. The van der Waals surface area contributed by atoms with Crippen LogP contribution in [0.1, 0.15) is 90.5 Å². The minimum absolute atomic E-state index is 0.260. The number of aryl methyl sites for hydroxylation is 1. The molecule has 8 rings (SSSR count). The third-order valence-electron chi connectivity index (χ3n) is 12.2. The largest absolute Gasteiger partial charge is 0.508 e. The zero-order valence-electron chi connectivity index (χ0n) is 29.8. The number of imide groups is 1. The monoisotopic (exact) mass is 700 g/mol. The van der Waals surface area contributed by atoms with Gasteiger partial charge in [-0.25, -0.2) is 4.39 Å². The maximum absolute atomic E-state index is 15.1. The van der Waals surface area contributed by atoms with Crippen LogP contribution in [-0.4, -0.2) is 60.6 Å². The first-order chi connectivity index (χ1) is 25.4. The summed E-state index contributed by atoms with van der Waals surface area (Å²) in [6.45, 7) is 5.31. The van der Waals surface area contributed by atoms with Crippen molar-refractivity contribution in [3.05, 3.63) is 125 Å². The zero-order chi connectivity index (χ0) is 35.6. The molecule has 0 spiro atoms. The second-order valence-corrected chi connectivity index (χ2v) is 15.4. The van der Waals surface area contributed by atoms with Crippen LogP contribution in [0.2, 0.25) is 0 Å². The number of benzene rings is 4. The molecule has 52 heavy (non-hydrogen) atoms. The molecule has 4 aliphatic rings. The molecule has 1 aliphatic carbocycles. The highest BCUT2D eigenvalue weighted by Crippen LogP contribution is 2.47. The van der Waals surface area contributed by atoms with E-state index in [1.807, 2.05) is 18.2 Å². The fourth-order valence-corrected chi connectivity index (χ4v) is 9.28. The molecule has 0 bridgehead atoms. The van der Waals surface area contributed by atoms with E-state index in [0.717, 1.165) is 64.0 Å². The first-order valence-electron chi connectivity index (χ1n) is 19.2. The molecule has 3 atom stereocenters. The summed E-state index contributed by atoms with van der Waals surface area (Å²) in [6.07, 6.45) is 7.08. The number of aromatic hydroxyl groups is 1. The number of phenols is 1. The van der Waals surface area contributed by atoms with E-state index in [1.165, 1.54) is 40.8 Å². The number of piperidine rings is 3. The van der Waals surface area contributed by atoms with E-state index >= 15 is 4.39 Å². The van der Waals surface area contributed by atoms with Crippen molar-refractivity contribution in [1.82, 2.24) is 10.2 Å². The molecular formula is C44H49FN4O3. The highest BCUT2D eigenvalue weighted by atomic mass is 19.1. The van der Waals surface area contributed by atoms with Gasteiger partial charge in [0.2, 0.25) is 11.8 Å². The molecule has 0 saturated carbocycles. The summed E-state index contributed by atoms with van der Waals surface area (Å²) in [7, 11) is 0. The van der Waals surface area contributed by atoms with Crippen LogP contribution in [-0.2, 0) is 16.0 Å². The molecule has 3 saturated heterocycles. The van der Waals surface area contributed by atoms with Crippen molar-refractivity contribution in [2.24, 2.45) is 5.92 Å². The summed E-state index contributed by atoms with van der Waals surface area (Å²) < 4.78 is 15.1. The summed E-state index contributed by atoms with van der Waals surface area (Å²) in [4.78, 5) is 28.7. The number of rotatable bonds is 8. The summed E-state index contributed by atoms with van der Waals surface area (Å²) >= 11 is 0. The van der Waals surface area contributed by atoms with E-state index < -0.39 is 11.9 Å². The van der Waals surface area contributed by atoms with Crippen LogP contribution in [0, 0.1) is 11.7 Å². The van der Waals surface area contributed by atoms with Gasteiger partial charge in [0.05, 0.1) is 5.69 Å². The van der Waals surface area contributed by atoms with Crippen LogP contribution in [0.15, 0.2) is 91.0 Å². The highest BCUT2D eigenvalue weighted by molar-refractivity contribution is 6.01. The highest BCUT2D eigenvalue weighted by Gasteiger charge is 2.33. The van der Waals surface area contributed by atoms with E-state index in [1.54, 1.807) is 12.1 Å². The van der Waals surface area contributed by atoms with Gasteiger partial charge in [-0.1, -0.05) is 54.6 Å². The topological polar surface area (TPSA) is 84.9 Å².